The molecule has 6 nitrogen and oxygen atoms in total. The van der Waals surface area contributed by atoms with Crippen molar-refractivity contribution in [1.82, 2.24) is 4.98 Å². The monoisotopic (exact) mass is 279 g/mol. The number of halogens is 1. The highest BCUT2D eigenvalue weighted by Gasteiger charge is 2.12. The summed E-state index contributed by atoms with van der Waals surface area (Å²) in [5, 5.41) is 13.6. The van der Waals surface area contributed by atoms with Gasteiger partial charge in [0.2, 0.25) is 5.88 Å². The third-order valence-corrected chi connectivity index (χ3v) is 2.63. The van der Waals surface area contributed by atoms with Gasteiger partial charge in [0.1, 0.15) is 17.0 Å². The summed E-state index contributed by atoms with van der Waals surface area (Å²) in [5.41, 5.74) is 0.762. The van der Waals surface area contributed by atoms with Crippen molar-refractivity contribution >= 4 is 23.0 Å². The lowest BCUT2D eigenvalue weighted by Gasteiger charge is -2.07. The summed E-state index contributed by atoms with van der Waals surface area (Å²) in [6, 6.07) is 8.34. The van der Waals surface area contributed by atoms with Crippen LogP contribution in [-0.4, -0.2) is 17.0 Å². The fourth-order valence-corrected chi connectivity index (χ4v) is 1.59. The SMILES string of the molecule is CNc1ccc(Oc2ncc([N+](=O)[O-])cc2Cl)cc1. The summed E-state index contributed by atoms with van der Waals surface area (Å²) in [6.45, 7) is 0. The second-order valence-corrected chi connectivity index (χ2v) is 4.02. The van der Waals surface area contributed by atoms with E-state index >= 15 is 0 Å². The van der Waals surface area contributed by atoms with E-state index in [9.17, 15) is 10.1 Å². The average molecular weight is 280 g/mol. The molecule has 0 amide bonds. The van der Waals surface area contributed by atoms with Crippen molar-refractivity contribution in [1.29, 1.82) is 0 Å². The lowest BCUT2D eigenvalue weighted by atomic mass is 10.3. The van der Waals surface area contributed by atoms with Gasteiger partial charge >= 0.3 is 0 Å². The third kappa shape index (κ3) is 3.11. The number of hydrogen-bond acceptors (Lipinski definition) is 5. The molecule has 0 aliphatic carbocycles. The number of benzene rings is 1. The Morgan fingerprint density at radius 3 is 2.58 bits per heavy atom. The van der Waals surface area contributed by atoms with Crippen LogP contribution in [0.25, 0.3) is 0 Å². The number of anilines is 1. The van der Waals surface area contributed by atoms with Gasteiger partial charge in [0, 0.05) is 18.8 Å². The molecule has 1 N–H and O–H groups in total. The smallest absolute Gasteiger partial charge is 0.289 e. The van der Waals surface area contributed by atoms with Gasteiger partial charge in [-0.05, 0) is 24.3 Å². The Balaban J connectivity index is 2.20. The maximum Gasteiger partial charge on any atom is 0.289 e. The molecular weight excluding hydrogens is 270 g/mol. The van der Waals surface area contributed by atoms with Gasteiger partial charge in [0.05, 0.1) is 4.92 Å². The minimum Gasteiger partial charge on any atom is -0.438 e. The molecule has 0 radical (unpaired) electrons. The Labute approximate surface area is 114 Å². The van der Waals surface area contributed by atoms with Crippen LogP contribution in [0.15, 0.2) is 36.5 Å². The molecular formula is C12H10ClN3O3. The minimum absolute atomic E-state index is 0.0897. The fourth-order valence-electron chi connectivity index (χ4n) is 1.39. The van der Waals surface area contributed by atoms with Gasteiger partial charge < -0.3 is 10.1 Å². The van der Waals surface area contributed by atoms with Gasteiger partial charge in [0.15, 0.2) is 0 Å². The number of nitro groups is 1. The normalized spacial score (nSPS) is 10.0. The molecule has 0 bridgehead atoms. The third-order valence-electron chi connectivity index (χ3n) is 2.36. The molecule has 2 aromatic rings. The molecule has 19 heavy (non-hydrogen) atoms. The van der Waals surface area contributed by atoms with E-state index in [2.05, 4.69) is 10.3 Å². The van der Waals surface area contributed by atoms with E-state index in [1.54, 1.807) is 12.1 Å². The van der Waals surface area contributed by atoms with E-state index < -0.39 is 4.92 Å². The van der Waals surface area contributed by atoms with Gasteiger partial charge in [-0.2, -0.15) is 0 Å². The van der Waals surface area contributed by atoms with Crippen molar-refractivity contribution in [3.8, 4) is 11.6 Å². The van der Waals surface area contributed by atoms with E-state index in [0.29, 0.717) is 5.75 Å². The van der Waals surface area contributed by atoms with Crippen LogP contribution in [0.4, 0.5) is 11.4 Å². The zero-order valence-corrected chi connectivity index (χ0v) is 10.7. The zero-order chi connectivity index (χ0) is 13.8. The number of nitrogens with one attached hydrogen (secondary N) is 1. The molecule has 1 aromatic carbocycles. The van der Waals surface area contributed by atoms with Crippen molar-refractivity contribution in [3.63, 3.8) is 0 Å². The van der Waals surface area contributed by atoms with Crippen molar-refractivity contribution in [2.24, 2.45) is 0 Å². The highest BCUT2D eigenvalue weighted by atomic mass is 35.5. The maximum atomic E-state index is 10.6. The molecule has 1 heterocycles. The highest BCUT2D eigenvalue weighted by Crippen LogP contribution is 2.30. The molecule has 0 fully saturated rings. The molecule has 0 aliphatic rings. The van der Waals surface area contributed by atoms with Gasteiger partial charge in [-0.3, -0.25) is 10.1 Å². The van der Waals surface area contributed by atoms with Crippen molar-refractivity contribution < 1.29 is 9.66 Å². The van der Waals surface area contributed by atoms with Gasteiger partial charge in [0.25, 0.3) is 5.69 Å². The van der Waals surface area contributed by atoms with Crippen LogP contribution in [0.2, 0.25) is 5.02 Å². The summed E-state index contributed by atoms with van der Waals surface area (Å²) in [7, 11) is 1.81. The van der Waals surface area contributed by atoms with Gasteiger partial charge in [-0.1, -0.05) is 11.6 Å². The first-order valence-electron chi connectivity index (χ1n) is 5.36. The maximum absolute atomic E-state index is 10.6. The van der Waals surface area contributed by atoms with E-state index in [4.69, 9.17) is 16.3 Å². The molecule has 2 rings (SSSR count). The van der Waals surface area contributed by atoms with E-state index in [0.717, 1.165) is 11.9 Å². The molecule has 0 unspecified atom stereocenters. The molecule has 0 aliphatic heterocycles. The summed E-state index contributed by atoms with van der Waals surface area (Å²) in [5.74, 6) is 0.673. The van der Waals surface area contributed by atoms with Crippen LogP contribution in [0.1, 0.15) is 0 Å². The standard InChI is InChI=1S/C12H10ClN3O3/c1-14-8-2-4-10(5-3-8)19-12-11(13)6-9(7-15-12)16(17)18/h2-7,14H,1H3. The lowest BCUT2D eigenvalue weighted by Crippen LogP contribution is -1.93. The fraction of sp³-hybridized carbons (Fsp3) is 0.0833. The molecule has 0 saturated heterocycles. The van der Waals surface area contributed by atoms with Crippen LogP contribution in [-0.2, 0) is 0 Å². The lowest BCUT2D eigenvalue weighted by molar-refractivity contribution is -0.385. The molecule has 0 saturated carbocycles. The average Bonchev–Trinajstić information content (AvgIpc) is 2.41. The Kier molecular flexibility index (Phi) is 3.82. The van der Waals surface area contributed by atoms with Crippen LogP contribution in [0.5, 0.6) is 11.6 Å². The number of pyridine rings is 1. The number of ether oxygens (including phenoxy) is 1. The van der Waals surface area contributed by atoms with E-state index in [-0.39, 0.29) is 16.6 Å². The van der Waals surface area contributed by atoms with Crippen LogP contribution < -0.4 is 10.1 Å². The van der Waals surface area contributed by atoms with E-state index in [1.165, 1.54) is 6.07 Å². The number of hydrogen-bond donors (Lipinski definition) is 1. The summed E-state index contributed by atoms with van der Waals surface area (Å²) in [4.78, 5) is 13.8. The number of rotatable bonds is 4. The Morgan fingerprint density at radius 2 is 2.05 bits per heavy atom. The molecule has 98 valence electrons. The predicted octanol–water partition coefficient (Wildman–Crippen LogP) is 3.48. The first-order chi connectivity index (χ1) is 9.10. The first-order valence-corrected chi connectivity index (χ1v) is 5.73. The summed E-state index contributed by atoms with van der Waals surface area (Å²) >= 11 is 5.88. The van der Waals surface area contributed by atoms with Crippen LogP contribution >= 0.6 is 11.6 Å². The van der Waals surface area contributed by atoms with Crippen molar-refractivity contribution in [2.45, 2.75) is 0 Å². The Bertz CT molecular complexity index is 602. The second-order valence-electron chi connectivity index (χ2n) is 3.61. The first kappa shape index (κ1) is 13.1. The second kappa shape index (κ2) is 5.53. The van der Waals surface area contributed by atoms with Gasteiger partial charge in [-0.15, -0.1) is 0 Å². The summed E-state index contributed by atoms with van der Waals surface area (Å²) < 4.78 is 5.45. The molecule has 0 atom stereocenters. The van der Waals surface area contributed by atoms with E-state index in [1.807, 2.05) is 19.2 Å². The van der Waals surface area contributed by atoms with Crippen molar-refractivity contribution in [3.05, 3.63) is 51.7 Å². The largest absolute Gasteiger partial charge is 0.438 e. The Morgan fingerprint density at radius 1 is 1.37 bits per heavy atom. The van der Waals surface area contributed by atoms with Gasteiger partial charge in [-0.25, -0.2) is 4.98 Å². The highest BCUT2D eigenvalue weighted by molar-refractivity contribution is 6.32. The van der Waals surface area contributed by atoms with Crippen LogP contribution in [0.3, 0.4) is 0 Å². The molecule has 0 spiro atoms. The molecule has 1 aromatic heterocycles. The Hall–Kier alpha value is -2.34. The summed E-state index contributed by atoms with van der Waals surface area (Å²) in [6.07, 6.45) is 1.10. The minimum atomic E-state index is -0.565. The topological polar surface area (TPSA) is 77.3 Å². The number of nitrogens with zero attached hydrogens (tertiary/aromatic N) is 2. The van der Waals surface area contributed by atoms with Crippen LogP contribution in [0, 0.1) is 10.1 Å². The molecule has 7 heteroatoms. The number of aromatic nitrogens is 1. The van der Waals surface area contributed by atoms with Crippen molar-refractivity contribution in [2.75, 3.05) is 12.4 Å². The predicted molar refractivity (Wildman–Crippen MR) is 72.0 cm³/mol. The quantitative estimate of drug-likeness (QED) is 0.685. The zero-order valence-electron chi connectivity index (χ0n) is 9.96.